The zero-order valence-corrected chi connectivity index (χ0v) is 19.5. The van der Waals surface area contributed by atoms with Gasteiger partial charge in [-0.2, -0.15) is 0 Å². The summed E-state index contributed by atoms with van der Waals surface area (Å²) in [6.07, 6.45) is 0. The van der Waals surface area contributed by atoms with E-state index in [1.54, 1.807) is 12.1 Å². The number of aromatic nitrogens is 1. The van der Waals surface area contributed by atoms with Gasteiger partial charge in [0.15, 0.2) is 16.7 Å². The van der Waals surface area contributed by atoms with E-state index in [1.165, 1.54) is 16.2 Å². The fraction of sp³-hybridized carbons (Fsp3) is 0.125. The molecule has 0 aliphatic carbocycles. The Balaban J connectivity index is 1.68. The van der Waals surface area contributed by atoms with Gasteiger partial charge in [0.2, 0.25) is 5.78 Å². The molecule has 2 aromatic heterocycles. The number of hydrogen-bond donors (Lipinski definition) is 1. The Kier molecular flexibility index (Phi) is 4.98. The summed E-state index contributed by atoms with van der Waals surface area (Å²) in [6.45, 7) is 3.77. The van der Waals surface area contributed by atoms with E-state index >= 15 is 0 Å². The molecule has 1 N–H and O–H groups in total. The van der Waals surface area contributed by atoms with Crippen molar-refractivity contribution in [2.24, 2.45) is 0 Å². The van der Waals surface area contributed by atoms with Crippen molar-refractivity contribution in [3.63, 3.8) is 0 Å². The minimum atomic E-state index is -0.842. The number of ketones is 1. The number of nitrogens with zero attached hydrogens (tertiary/aromatic N) is 2. The van der Waals surface area contributed by atoms with Gasteiger partial charge in [0.1, 0.15) is 5.58 Å². The standard InChI is InChI=1S/C24H17BrN2O4S/c1-12-13(2)32-24(26-12)27-20(15-7-5-8-16(25)10-15)19(22(29)23(27)30)21(28)18-11-14-6-3-4-9-17(14)31-18/h3-11,20,29H,1-2H3. The summed E-state index contributed by atoms with van der Waals surface area (Å²) in [4.78, 5) is 33.6. The van der Waals surface area contributed by atoms with E-state index in [0.717, 1.165) is 20.4 Å². The Bertz CT molecular complexity index is 1380. The van der Waals surface area contributed by atoms with Gasteiger partial charge in [-0.15, -0.1) is 11.3 Å². The van der Waals surface area contributed by atoms with Crippen LogP contribution in [0.2, 0.25) is 0 Å². The maximum atomic E-state index is 13.6. The highest BCUT2D eigenvalue weighted by Crippen LogP contribution is 2.44. The second kappa shape index (κ2) is 7.72. The number of carbonyl (C=O) groups is 2. The summed E-state index contributed by atoms with van der Waals surface area (Å²) in [5.41, 5.74) is 1.99. The topological polar surface area (TPSA) is 83.6 Å². The number of para-hydroxylation sites is 1. The Labute approximate surface area is 195 Å². The number of Topliss-reactive ketones (excluding diaryl/α,β-unsaturated/α-hetero) is 1. The molecule has 0 saturated heterocycles. The highest BCUT2D eigenvalue weighted by Gasteiger charge is 2.46. The Morgan fingerprint density at radius 3 is 2.62 bits per heavy atom. The van der Waals surface area contributed by atoms with Crippen molar-refractivity contribution in [3.8, 4) is 0 Å². The van der Waals surface area contributed by atoms with Crippen LogP contribution in [-0.4, -0.2) is 21.8 Å². The van der Waals surface area contributed by atoms with E-state index in [-0.39, 0.29) is 11.3 Å². The van der Waals surface area contributed by atoms with Gasteiger partial charge in [0.05, 0.1) is 17.3 Å². The molecule has 8 heteroatoms. The van der Waals surface area contributed by atoms with Crippen LogP contribution in [0.15, 0.2) is 74.8 Å². The summed E-state index contributed by atoms with van der Waals surface area (Å²) in [5.74, 6) is -1.73. The van der Waals surface area contributed by atoms with Crippen LogP contribution in [0.1, 0.15) is 32.7 Å². The number of hydrogen-bond acceptors (Lipinski definition) is 6. The van der Waals surface area contributed by atoms with Crippen molar-refractivity contribution in [3.05, 3.63) is 92.3 Å². The average Bonchev–Trinajstić information content (AvgIpc) is 3.42. The molecule has 32 heavy (non-hydrogen) atoms. The second-order valence-corrected chi connectivity index (χ2v) is 9.61. The van der Waals surface area contributed by atoms with E-state index in [2.05, 4.69) is 20.9 Å². The average molecular weight is 509 g/mol. The van der Waals surface area contributed by atoms with E-state index in [1.807, 2.05) is 56.3 Å². The molecular formula is C24H17BrN2O4S. The maximum absolute atomic E-state index is 13.6. The molecule has 1 atom stereocenters. The number of furan rings is 1. The number of amides is 1. The molecule has 0 saturated carbocycles. The van der Waals surface area contributed by atoms with Crippen LogP contribution in [-0.2, 0) is 4.79 Å². The van der Waals surface area contributed by atoms with Gasteiger partial charge in [0, 0.05) is 14.7 Å². The first-order chi connectivity index (χ1) is 15.3. The summed E-state index contributed by atoms with van der Waals surface area (Å²) < 4.78 is 6.54. The Morgan fingerprint density at radius 1 is 1.16 bits per heavy atom. The smallest absolute Gasteiger partial charge is 0.296 e. The summed E-state index contributed by atoms with van der Waals surface area (Å²) in [6, 6.07) is 15.4. The monoisotopic (exact) mass is 508 g/mol. The third kappa shape index (κ3) is 3.27. The SMILES string of the molecule is Cc1nc(N2C(=O)C(O)=C(C(=O)c3cc4ccccc4o3)C2c2cccc(Br)c2)sc1C. The third-order valence-corrected chi connectivity index (χ3v) is 7.06. The van der Waals surface area contributed by atoms with Crippen LogP contribution < -0.4 is 4.90 Å². The number of aliphatic hydroxyl groups is 1. The van der Waals surface area contributed by atoms with Crippen LogP contribution in [0.5, 0.6) is 0 Å². The van der Waals surface area contributed by atoms with Crippen LogP contribution in [0.4, 0.5) is 5.13 Å². The van der Waals surface area contributed by atoms with Gasteiger partial charge in [-0.1, -0.05) is 46.3 Å². The number of aliphatic hydroxyl groups excluding tert-OH is 1. The molecule has 0 bridgehead atoms. The lowest BCUT2D eigenvalue weighted by atomic mass is 9.95. The molecule has 160 valence electrons. The number of rotatable bonds is 4. The molecule has 1 aliphatic rings. The predicted molar refractivity (Wildman–Crippen MR) is 126 cm³/mol. The predicted octanol–water partition coefficient (Wildman–Crippen LogP) is 6.05. The molecule has 0 spiro atoms. The summed E-state index contributed by atoms with van der Waals surface area (Å²) in [5, 5.41) is 12.1. The zero-order valence-electron chi connectivity index (χ0n) is 17.1. The zero-order chi connectivity index (χ0) is 22.6. The number of thiazole rings is 1. The fourth-order valence-corrected chi connectivity index (χ4v) is 5.17. The first-order valence-corrected chi connectivity index (χ1v) is 11.5. The molecule has 0 radical (unpaired) electrons. The normalized spacial score (nSPS) is 16.4. The number of benzene rings is 2. The van der Waals surface area contributed by atoms with Gasteiger partial charge < -0.3 is 9.52 Å². The Hall–Kier alpha value is -3.23. The van der Waals surface area contributed by atoms with Crippen molar-refractivity contribution in [1.82, 2.24) is 4.98 Å². The van der Waals surface area contributed by atoms with Crippen molar-refractivity contribution in [2.75, 3.05) is 4.90 Å². The molecular weight excluding hydrogens is 492 g/mol. The largest absolute Gasteiger partial charge is 0.503 e. The fourth-order valence-electron chi connectivity index (χ4n) is 3.81. The summed E-state index contributed by atoms with van der Waals surface area (Å²) >= 11 is 4.80. The molecule has 0 fully saturated rings. The molecule has 1 unspecified atom stereocenters. The first kappa shape index (κ1) is 20.7. The van der Waals surface area contributed by atoms with E-state index in [9.17, 15) is 14.7 Å². The second-order valence-electron chi connectivity index (χ2n) is 7.51. The van der Waals surface area contributed by atoms with E-state index < -0.39 is 23.5 Å². The number of aryl methyl sites for hydroxylation is 2. The van der Waals surface area contributed by atoms with Crippen LogP contribution in [0, 0.1) is 13.8 Å². The highest BCUT2D eigenvalue weighted by molar-refractivity contribution is 9.10. The van der Waals surface area contributed by atoms with E-state index in [4.69, 9.17) is 4.42 Å². The van der Waals surface area contributed by atoms with Crippen LogP contribution >= 0.6 is 27.3 Å². The molecule has 5 rings (SSSR count). The Morgan fingerprint density at radius 2 is 1.94 bits per heavy atom. The number of carbonyl (C=O) groups excluding carboxylic acids is 2. The van der Waals surface area contributed by atoms with Crippen molar-refractivity contribution in [2.45, 2.75) is 19.9 Å². The molecule has 1 aliphatic heterocycles. The molecule has 2 aromatic carbocycles. The van der Waals surface area contributed by atoms with Gasteiger partial charge in [-0.05, 0) is 43.7 Å². The number of fused-ring (bicyclic) bond motifs is 1. The van der Waals surface area contributed by atoms with Crippen LogP contribution in [0.3, 0.4) is 0 Å². The lowest BCUT2D eigenvalue weighted by Crippen LogP contribution is -2.31. The molecule has 4 aromatic rings. The number of anilines is 1. The quantitative estimate of drug-likeness (QED) is 0.339. The lowest BCUT2D eigenvalue weighted by Gasteiger charge is -2.24. The minimum Gasteiger partial charge on any atom is -0.503 e. The van der Waals surface area contributed by atoms with Gasteiger partial charge in [-0.3, -0.25) is 14.5 Å². The lowest BCUT2D eigenvalue weighted by molar-refractivity contribution is -0.117. The van der Waals surface area contributed by atoms with E-state index in [0.29, 0.717) is 16.3 Å². The van der Waals surface area contributed by atoms with Gasteiger partial charge in [-0.25, -0.2) is 4.98 Å². The van der Waals surface area contributed by atoms with Crippen molar-refractivity contribution in [1.29, 1.82) is 0 Å². The molecule has 3 heterocycles. The van der Waals surface area contributed by atoms with Crippen molar-refractivity contribution < 1.29 is 19.1 Å². The molecule has 6 nitrogen and oxygen atoms in total. The van der Waals surface area contributed by atoms with Crippen LogP contribution in [0.25, 0.3) is 11.0 Å². The summed E-state index contributed by atoms with van der Waals surface area (Å²) in [7, 11) is 0. The highest BCUT2D eigenvalue weighted by atomic mass is 79.9. The van der Waals surface area contributed by atoms with Crippen molar-refractivity contribution >= 4 is 55.1 Å². The number of halogens is 1. The molecule has 1 amide bonds. The van der Waals surface area contributed by atoms with Gasteiger partial charge in [0.25, 0.3) is 5.91 Å². The minimum absolute atomic E-state index is 0.0299. The maximum Gasteiger partial charge on any atom is 0.296 e. The third-order valence-electron chi connectivity index (χ3n) is 5.49. The first-order valence-electron chi connectivity index (χ1n) is 9.84. The van der Waals surface area contributed by atoms with Gasteiger partial charge >= 0.3 is 0 Å².